The minimum Gasteiger partial charge on any atom is -0.336 e. The van der Waals surface area contributed by atoms with Crippen LogP contribution in [-0.4, -0.2) is 52.6 Å². The van der Waals surface area contributed by atoms with Crippen LogP contribution in [0.15, 0.2) is 24.8 Å². The highest BCUT2D eigenvalue weighted by Crippen LogP contribution is 2.23. The molecule has 0 spiro atoms. The lowest BCUT2D eigenvalue weighted by Gasteiger charge is -2.42. The third kappa shape index (κ3) is 3.74. The maximum Gasteiger partial charge on any atom is 0.246 e. The molecule has 1 unspecified atom stereocenters. The maximum absolute atomic E-state index is 11.8. The number of nitrogens with one attached hydrogen (secondary N) is 1. The minimum atomic E-state index is 0.0537. The lowest BCUT2D eigenvalue weighted by Crippen LogP contribution is -2.57. The van der Waals surface area contributed by atoms with E-state index < -0.39 is 0 Å². The Bertz CT molecular complexity index is 424. The molecule has 0 aromatic carbocycles. The van der Waals surface area contributed by atoms with Crippen molar-refractivity contribution in [3.8, 4) is 0 Å². The van der Waals surface area contributed by atoms with E-state index in [1.807, 2.05) is 4.90 Å². The Balaban J connectivity index is 1.92. The normalized spacial score (nSPS) is 30.7. The standard InChI is InChI=1S/C17H29N3O/c1-6-16(21)19-11-9-14(12-13(19)2)18-15-8-7-10-20(15)17(3,4)5/h6-8,13-15,18H,1,9-12H2,2-5H3/t13-,14-,15?/m0/s1. The predicted molar refractivity (Wildman–Crippen MR) is 86.9 cm³/mol. The number of likely N-dealkylation sites (tertiary alicyclic amines) is 1. The molecule has 1 N–H and O–H groups in total. The second-order valence-corrected chi connectivity index (χ2v) is 7.17. The molecule has 1 fully saturated rings. The zero-order valence-electron chi connectivity index (χ0n) is 13.8. The van der Waals surface area contributed by atoms with Gasteiger partial charge in [-0.15, -0.1) is 0 Å². The highest BCUT2D eigenvalue weighted by atomic mass is 16.2. The zero-order valence-corrected chi connectivity index (χ0v) is 13.8. The lowest BCUT2D eigenvalue weighted by atomic mass is 9.97. The van der Waals surface area contributed by atoms with E-state index in [-0.39, 0.29) is 17.5 Å². The van der Waals surface area contributed by atoms with E-state index in [9.17, 15) is 4.79 Å². The zero-order chi connectivity index (χ0) is 15.6. The van der Waals surface area contributed by atoms with Crippen molar-refractivity contribution in [2.45, 2.75) is 64.3 Å². The van der Waals surface area contributed by atoms with Gasteiger partial charge in [0.05, 0.1) is 6.17 Å². The van der Waals surface area contributed by atoms with Crippen molar-refractivity contribution in [3.63, 3.8) is 0 Å². The van der Waals surface area contributed by atoms with Gasteiger partial charge in [0, 0.05) is 30.7 Å². The van der Waals surface area contributed by atoms with Crippen LogP contribution in [0.25, 0.3) is 0 Å². The molecule has 2 heterocycles. The first-order valence-electron chi connectivity index (χ1n) is 7.95. The van der Waals surface area contributed by atoms with E-state index >= 15 is 0 Å². The largest absolute Gasteiger partial charge is 0.336 e. The second kappa shape index (κ2) is 6.32. The Labute approximate surface area is 128 Å². The van der Waals surface area contributed by atoms with Crippen LogP contribution in [0.1, 0.15) is 40.5 Å². The molecule has 1 saturated heterocycles. The number of piperidine rings is 1. The maximum atomic E-state index is 11.8. The van der Waals surface area contributed by atoms with Crippen molar-refractivity contribution in [1.82, 2.24) is 15.1 Å². The molecule has 0 radical (unpaired) electrons. The average Bonchev–Trinajstić information content (AvgIpc) is 2.86. The molecule has 2 aliphatic rings. The van der Waals surface area contributed by atoms with E-state index in [0.717, 1.165) is 25.9 Å². The molecular formula is C17H29N3O. The van der Waals surface area contributed by atoms with Gasteiger partial charge in [-0.1, -0.05) is 18.7 Å². The molecule has 2 rings (SSSR count). The molecule has 1 amide bonds. The summed E-state index contributed by atoms with van der Waals surface area (Å²) in [6.45, 7) is 14.3. The summed E-state index contributed by atoms with van der Waals surface area (Å²) in [5, 5.41) is 3.76. The van der Waals surface area contributed by atoms with Crippen molar-refractivity contribution in [2.24, 2.45) is 0 Å². The van der Waals surface area contributed by atoms with Gasteiger partial charge >= 0.3 is 0 Å². The fraction of sp³-hybridized carbons (Fsp3) is 0.706. The highest BCUT2D eigenvalue weighted by Gasteiger charge is 2.33. The van der Waals surface area contributed by atoms with E-state index in [4.69, 9.17) is 0 Å². The van der Waals surface area contributed by atoms with Crippen molar-refractivity contribution >= 4 is 5.91 Å². The van der Waals surface area contributed by atoms with Crippen LogP contribution < -0.4 is 5.32 Å². The second-order valence-electron chi connectivity index (χ2n) is 7.17. The first-order chi connectivity index (χ1) is 9.82. The fourth-order valence-corrected chi connectivity index (χ4v) is 3.37. The molecule has 4 nitrogen and oxygen atoms in total. The third-order valence-electron chi connectivity index (χ3n) is 4.56. The number of rotatable bonds is 3. The SMILES string of the molecule is C=CC(=O)N1CC[C@H](NC2C=CCN2C(C)(C)C)C[C@@H]1C. The highest BCUT2D eigenvalue weighted by molar-refractivity contribution is 5.87. The monoisotopic (exact) mass is 291 g/mol. The summed E-state index contributed by atoms with van der Waals surface area (Å²) in [6, 6.07) is 0.738. The Morgan fingerprint density at radius 1 is 1.43 bits per heavy atom. The van der Waals surface area contributed by atoms with Gasteiger partial charge in [-0.3, -0.25) is 15.0 Å². The van der Waals surface area contributed by atoms with E-state index in [1.165, 1.54) is 6.08 Å². The Morgan fingerprint density at radius 2 is 2.14 bits per heavy atom. The van der Waals surface area contributed by atoms with Crippen LogP contribution in [0, 0.1) is 0 Å². The lowest BCUT2D eigenvalue weighted by molar-refractivity contribution is -0.129. The summed E-state index contributed by atoms with van der Waals surface area (Å²) in [4.78, 5) is 16.2. The van der Waals surface area contributed by atoms with Gasteiger partial charge in [0.2, 0.25) is 5.91 Å². The van der Waals surface area contributed by atoms with Gasteiger partial charge in [0.15, 0.2) is 0 Å². The first kappa shape index (κ1) is 16.2. The summed E-state index contributed by atoms with van der Waals surface area (Å²) in [6.07, 6.45) is 8.24. The Kier molecular flexibility index (Phi) is 4.89. The fourth-order valence-electron chi connectivity index (χ4n) is 3.37. The molecule has 21 heavy (non-hydrogen) atoms. The Hall–Kier alpha value is -1.13. The third-order valence-corrected chi connectivity index (χ3v) is 4.56. The van der Waals surface area contributed by atoms with Crippen LogP contribution in [0.2, 0.25) is 0 Å². The van der Waals surface area contributed by atoms with Crippen LogP contribution in [0.5, 0.6) is 0 Å². The summed E-state index contributed by atoms with van der Waals surface area (Å²) in [7, 11) is 0. The van der Waals surface area contributed by atoms with E-state index in [0.29, 0.717) is 12.2 Å². The summed E-state index contributed by atoms with van der Waals surface area (Å²) < 4.78 is 0. The van der Waals surface area contributed by atoms with Crippen LogP contribution in [-0.2, 0) is 4.79 Å². The summed E-state index contributed by atoms with van der Waals surface area (Å²) >= 11 is 0. The summed E-state index contributed by atoms with van der Waals surface area (Å²) in [5.74, 6) is 0.0537. The quantitative estimate of drug-likeness (QED) is 0.639. The van der Waals surface area contributed by atoms with Crippen molar-refractivity contribution < 1.29 is 4.79 Å². The van der Waals surface area contributed by atoms with Crippen LogP contribution >= 0.6 is 0 Å². The van der Waals surface area contributed by atoms with Gasteiger partial charge in [-0.05, 0) is 46.6 Å². The van der Waals surface area contributed by atoms with Crippen LogP contribution in [0.4, 0.5) is 0 Å². The van der Waals surface area contributed by atoms with Crippen molar-refractivity contribution in [3.05, 3.63) is 24.8 Å². The Morgan fingerprint density at radius 3 is 2.71 bits per heavy atom. The van der Waals surface area contributed by atoms with Gasteiger partial charge in [-0.2, -0.15) is 0 Å². The number of hydrogen-bond acceptors (Lipinski definition) is 3. The van der Waals surface area contributed by atoms with Gasteiger partial charge in [-0.25, -0.2) is 0 Å². The topological polar surface area (TPSA) is 35.6 Å². The van der Waals surface area contributed by atoms with Crippen molar-refractivity contribution in [1.29, 1.82) is 0 Å². The number of nitrogens with zero attached hydrogens (tertiary/aromatic N) is 2. The molecule has 4 heteroatoms. The van der Waals surface area contributed by atoms with Gasteiger partial charge in [0.25, 0.3) is 0 Å². The molecule has 0 aromatic rings. The summed E-state index contributed by atoms with van der Waals surface area (Å²) in [5.41, 5.74) is 0.159. The number of hydrogen-bond donors (Lipinski definition) is 1. The predicted octanol–water partition coefficient (Wildman–Crippen LogP) is 2.14. The number of carbonyl (C=O) groups excluding carboxylic acids is 1. The van der Waals surface area contributed by atoms with Crippen molar-refractivity contribution in [2.75, 3.05) is 13.1 Å². The molecule has 0 aliphatic carbocycles. The number of carbonyl (C=O) groups is 1. The molecule has 2 aliphatic heterocycles. The average molecular weight is 291 g/mol. The molecule has 118 valence electrons. The van der Waals surface area contributed by atoms with E-state index in [2.05, 4.69) is 56.6 Å². The molecule has 0 bridgehead atoms. The number of amides is 1. The first-order valence-corrected chi connectivity index (χ1v) is 7.95. The van der Waals surface area contributed by atoms with Gasteiger partial charge < -0.3 is 4.90 Å². The molecular weight excluding hydrogens is 262 g/mol. The smallest absolute Gasteiger partial charge is 0.246 e. The van der Waals surface area contributed by atoms with Gasteiger partial charge in [0.1, 0.15) is 0 Å². The molecule has 0 aromatic heterocycles. The van der Waals surface area contributed by atoms with E-state index in [1.54, 1.807) is 0 Å². The molecule has 0 saturated carbocycles. The minimum absolute atomic E-state index is 0.0537. The molecule has 3 atom stereocenters. The van der Waals surface area contributed by atoms with Crippen LogP contribution in [0.3, 0.4) is 0 Å².